The molecule has 0 aliphatic rings. The largest absolute Gasteiger partial charge is 0.310 e. The van der Waals surface area contributed by atoms with Crippen LogP contribution in [0.2, 0.25) is 0 Å². The Morgan fingerprint density at radius 1 is 0.345 bits per heavy atom. The Hall–Kier alpha value is -5.60. The maximum Gasteiger partial charge on any atom is 0.0543 e. The van der Waals surface area contributed by atoms with Crippen LogP contribution >= 0.6 is 0 Å². The third-order valence-corrected chi connectivity index (χ3v) is 11.4. The van der Waals surface area contributed by atoms with Crippen molar-refractivity contribution in [3.63, 3.8) is 0 Å². The van der Waals surface area contributed by atoms with Gasteiger partial charge in [0.05, 0.1) is 11.4 Å². The van der Waals surface area contributed by atoms with E-state index in [9.17, 15) is 0 Å². The quantitative estimate of drug-likeness (QED) is 0.137. The van der Waals surface area contributed by atoms with E-state index in [4.69, 9.17) is 0 Å². The smallest absolute Gasteiger partial charge is 0.0543 e. The van der Waals surface area contributed by atoms with Crippen LogP contribution in [0.4, 0.5) is 34.1 Å². The molecule has 276 valence electrons. The van der Waals surface area contributed by atoms with E-state index in [2.05, 4.69) is 206 Å². The van der Waals surface area contributed by atoms with Gasteiger partial charge in [-0.2, -0.15) is 0 Å². The van der Waals surface area contributed by atoms with Crippen molar-refractivity contribution >= 4 is 66.4 Å². The van der Waals surface area contributed by atoms with E-state index >= 15 is 0 Å². The number of hydrogen-bond donors (Lipinski definition) is 0. The number of hydrogen-bond acceptors (Lipinski definition) is 2. The SMILES string of the molecule is Cc1cc(C)cc(N(c2ccccc2)c2cc(C(C)C)c3ccc4c(N(c5ccc(C(C)C)cc5)c5cc(C)cc(C)c5)cc(C(C)C)c5ccc2c3c54)c1. The van der Waals surface area contributed by atoms with Crippen molar-refractivity contribution in [1.29, 1.82) is 0 Å². The lowest BCUT2D eigenvalue weighted by molar-refractivity contribution is 0.866. The van der Waals surface area contributed by atoms with Crippen LogP contribution in [0.5, 0.6) is 0 Å². The number of aryl methyl sites for hydroxylation is 4. The molecule has 8 aromatic rings. The molecule has 0 spiro atoms. The first-order valence-corrected chi connectivity index (χ1v) is 20.1. The third kappa shape index (κ3) is 6.52. The number of rotatable bonds is 9. The highest BCUT2D eigenvalue weighted by atomic mass is 15.2. The first-order chi connectivity index (χ1) is 26.4. The van der Waals surface area contributed by atoms with Crippen molar-refractivity contribution in [3.05, 3.63) is 166 Å². The van der Waals surface area contributed by atoms with Crippen LogP contribution in [0.25, 0.3) is 32.3 Å². The van der Waals surface area contributed by atoms with Crippen molar-refractivity contribution in [2.24, 2.45) is 0 Å². The second-order valence-electron chi connectivity index (χ2n) is 16.8. The molecular weight excluding hydrogens is 665 g/mol. The molecule has 2 heteroatoms. The standard InChI is InChI=1S/C53H54N2/c1-32(2)39-16-18-41(19-17-39)55(43-28-37(9)25-38(10)29-43)51-31-49(34(5)6)45-20-22-46-50(30-48(33(3)4)44-21-23-47(51)53(45)52(44)46)54(40-14-12-11-13-15-40)42-26-35(7)24-36(8)27-42/h11-34H,1-10H3. The second kappa shape index (κ2) is 14.2. The van der Waals surface area contributed by atoms with Crippen molar-refractivity contribution in [2.45, 2.75) is 87.0 Å². The van der Waals surface area contributed by atoms with Gasteiger partial charge >= 0.3 is 0 Å². The molecule has 0 fully saturated rings. The highest BCUT2D eigenvalue weighted by molar-refractivity contribution is 6.29. The lowest BCUT2D eigenvalue weighted by atomic mass is 9.84. The predicted molar refractivity (Wildman–Crippen MR) is 241 cm³/mol. The van der Waals surface area contributed by atoms with Crippen LogP contribution in [0, 0.1) is 27.7 Å². The zero-order chi connectivity index (χ0) is 38.7. The zero-order valence-electron chi connectivity index (χ0n) is 34.3. The Morgan fingerprint density at radius 3 is 1.11 bits per heavy atom. The van der Waals surface area contributed by atoms with Gasteiger partial charge in [0.1, 0.15) is 0 Å². The molecule has 0 atom stereocenters. The van der Waals surface area contributed by atoms with Gasteiger partial charge in [-0.1, -0.05) is 108 Å². The number of para-hydroxylation sites is 1. The molecular formula is C53H54N2. The summed E-state index contributed by atoms with van der Waals surface area (Å²) < 4.78 is 0. The van der Waals surface area contributed by atoms with E-state index in [0.29, 0.717) is 17.8 Å². The Kier molecular flexibility index (Phi) is 9.42. The lowest BCUT2D eigenvalue weighted by Gasteiger charge is -2.32. The Morgan fingerprint density at radius 2 is 0.727 bits per heavy atom. The van der Waals surface area contributed by atoms with Gasteiger partial charge in [-0.3, -0.25) is 0 Å². The topological polar surface area (TPSA) is 6.48 Å². The van der Waals surface area contributed by atoms with Crippen molar-refractivity contribution in [1.82, 2.24) is 0 Å². The van der Waals surface area contributed by atoms with Crippen LogP contribution in [0.3, 0.4) is 0 Å². The molecule has 0 bridgehead atoms. The first kappa shape index (κ1) is 36.4. The Balaban J connectivity index is 1.51. The molecule has 8 aromatic carbocycles. The number of nitrogens with zero attached hydrogens (tertiary/aromatic N) is 2. The molecule has 0 aliphatic heterocycles. The van der Waals surface area contributed by atoms with E-state index in [1.807, 2.05) is 0 Å². The summed E-state index contributed by atoms with van der Waals surface area (Å²) in [5.74, 6) is 1.12. The van der Waals surface area contributed by atoms with Crippen molar-refractivity contribution < 1.29 is 0 Å². The molecule has 2 nitrogen and oxygen atoms in total. The van der Waals surface area contributed by atoms with Gasteiger partial charge < -0.3 is 9.80 Å². The van der Waals surface area contributed by atoms with E-state index in [1.165, 1.54) is 99.7 Å². The molecule has 0 amide bonds. The van der Waals surface area contributed by atoms with Gasteiger partial charge in [-0.05, 0) is 167 Å². The average molecular weight is 719 g/mol. The molecule has 0 aromatic heterocycles. The molecule has 0 radical (unpaired) electrons. The zero-order valence-corrected chi connectivity index (χ0v) is 34.3. The normalized spacial score (nSPS) is 11.9. The third-order valence-electron chi connectivity index (χ3n) is 11.4. The summed E-state index contributed by atoms with van der Waals surface area (Å²) in [7, 11) is 0. The predicted octanol–water partition coefficient (Wildman–Crippen LogP) is 16.1. The Bertz CT molecular complexity index is 2620. The molecule has 0 saturated carbocycles. The summed E-state index contributed by atoms with van der Waals surface area (Å²) in [5.41, 5.74) is 16.3. The molecule has 0 heterocycles. The molecule has 55 heavy (non-hydrogen) atoms. The Labute approximate surface area is 328 Å². The van der Waals surface area contributed by atoms with E-state index < -0.39 is 0 Å². The fourth-order valence-corrected chi connectivity index (χ4v) is 8.93. The summed E-state index contributed by atoms with van der Waals surface area (Å²) in [6.45, 7) is 22.7. The van der Waals surface area contributed by atoms with E-state index in [1.54, 1.807) is 0 Å². The van der Waals surface area contributed by atoms with Crippen LogP contribution in [0.15, 0.2) is 127 Å². The molecule has 0 unspecified atom stereocenters. The van der Waals surface area contributed by atoms with Crippen LogP contribution < -0.4 is 9.80 Å². The summed E-state index contributed by atoms with van der Waals surface area (Å²) in [5, 5.41) is 7.92. The fourth-order valence-electron chi connectivity index (χ4n) is 8.93. The van der Waals surface area contributed by atoms with Crippen molar-refractivity contribution in [2.75, 3.05) is 9.80 Å². The number of benzene rings is 8. The minimum absolute atomic E-state index is 0.327. The molecule has 0 saturated heterocycles. The second-order valence-corrected chi connectivity index (χ2v) is 16.8. The lowest BCUT2D eigenvalue weighted by Crippen LogP contribution is -2.13. The van der Waals surface area contributed by atoms with Gasteiger partial charge in [0.15, 0.2) is 0 Å². The minimum Gasteiger partial charge on any atom is -0.310 e. The minimum atomic E-state index is 0.327. The first-order valence-electron chi connectivity index (χ1n) is 20.1. The highest BCUT2D eigenvalue weighted by Gasteiger charge is 2.26. The van der Waals surface area contributed by atoms with Crippen LogP contribution in [-0.4, -0.2) is 0 Å². The fraction of sp³-hybridized carbons (Fsp3) is 0.245. The van der Waals surface area contributed by atoms with Crippen molar-refractivity contribution in [3.8, 4) is 0 Å². The molecule has 0 aliphatic carbocycles. The van der Waals surface area contributed by atoms with Gasteiger partial charge in [0.25, 0.3) is 0 Å². The van der Waals surface area contributed by atoms with Crippen LogP contribution in [0.1, 0.15) is 98.2 Å². The monoisotopic (exact) mass is 718 g/mol. The van der Waals surface area contributed by atoms with Crippen LogP contribution in [-0.2, 0) is 0 Å². The maximum absolute atomic E-state index is 2.51. The van der Waals surface area contributed by atoms with Gasteiger partial charge in [-0.15, -0.1) is 0 Å². The number of anilines is 6. The van der Waals surface area contributed by atoms with Gasteiger partial charge in [0.2, 0.25) is 0 Å². The highest BCUT2D eigenvalue weighted by Crippen LogP contribution is 2.51. The van der Waals surface area contributed by atoms with Gasteiger partial charge in [0, 0.05) is 33.5 Å². The summed E-state index contributed by atoms with van der Waals surface area (Å²) in [4.78, 5) is 5.00. The average Bonchev–Trinajstić information content (AvgIpc) is 3.14. The molecule has 0 N–H and O–H groups in total. The summed E-state index contributed by atoms with van der Waals surface area (Å²) >= 11 is 0. The van der Waals surface area contributed by atoms with Gasteiger partial charge in [-0.25, -0.2) is 0 Å². The van der Waals surface area contributed by atoms with E-state index in [0.717, 1.165) is 5.69 Å². The van der Waals surface area contributed by atoms with E-state index in [-0.39, 0.29) is 0 Å². The summed E-state index contributed by atoms with van der Waals surface area (Å²) in [6.07, 6.45) is 0. The molecule has 8 rings (SSSR count). The maximum atomic E-state index is 2.51. The summed E-state index contributed by atoms with van der Waals surface area (Å²) in [6, 6.07) is 48.6.